The molecular weight excluding hydrogens is 438 g/mol. The first kappa shape index (κ1) is 26.5. The van der Waals surface area contributed by atoms with Crippen LogP contribution in [0.1, 0.15) is 31.9 Å². The van der Waals surface area contributed by atoms with Crippen molar-refractivity contribution in [2.45, 2.75) is 39.5 Å². The summed E-state index contributed by atoms with van der Waals surface area (Å²) in [7, 11) is 1.41. The molecule has 34 heavy (non-hydrogen) atoms. The highest BCUT2D eigenvalue weighted by Crippen LogP contribution is 2.26. The Hall–Kier alpha value is -3.78. The van der Waals surface area contributed by atoms with E-state index in [0.717, 1.165) is 12.5 Å². The van der Waals surface area contributed by atoms with Crippen molar-refractivity contribution in [1.82, 2.24) is 5.32 Å². The molecule has 0 aliphatic carbocycles. The molecule has 8 nitrogen and oxygen atoms in total. The van der Waals surface area contributed by atoms with Crippen LogP contribution in [0.25, 0.3) is 0 Å². The van der Waals surface area contributed by atoms with Gasteiger partial charge < -0.3 is 19.5 Å². The van der Waals surface area contributed by atoms with Crippen LogP contribution in [-0.4, -0.2) is 42.9 Å². The van der Waals surface area contributed by atoms with Crippen LogP contribution < -0.4 is 5.32 Å². The molecule has 1 atom stereocenters. The van der Waals surface area contributed by atoms with Crippen molar-refractivity contribution < 1.29 is 33.4 Å². The topological polar surface area (TPSA) is 108 Å². The number of Topliss-reactive ketones (excluding diaryl/α,β-unsaturated/α-hetero) is 1. The third-order valence-corrected chi connectivity index (χ3v) is 5.12. The lowest BCUT2D eigenvalue weighted by atomic mass is 9.86. The second kappa shape index (κ2) is 12.5. The molecule has 1 unspecified atom stereocenters. The van der Waals surface area contributed by atoms with Gasteiger partial charge in [0.05, 0.1) is 12.2 Å². The molecule has 1 N–H and O–H groups in total. The molecule has 0 bridgehead atoms. The van der Waals surface area contributed by atoms with Gasteiger partial charge in [-0.1, -0.05) is 60.7 Å². The van der Waals surface area contributed by atoms with Gasteiger partial charge >= 0.3 is 17.9 Å². The zero-order valence-electron chi connectivity index (χ0n) is 19.8. The molecule has 2 rings (SSSR count). The molecule has 0 fully saturated rings. The van der Waals surface area contributed by atoms with E-state index in [1.165, 1.54) is 14.0 Å². The summed E-state index contributed by atoms with van der Waals surface area (Å²) in [4.78, 5) is 51.7. The molecule has 0 aliphatic heterocycles. The van der Waals surface area contributed by atoms with Crippen molar-refractivity contribution >= 4 is 23.7 Å². The molecule has 8 heteroatoms. The maximum Gasteiger partial charge on any atom is 0.342 e. The van der Waals surface area contributed by atoms with Crippen LogP contribution in [0.15, 0.2) is 71.8 Å². The molecule has 0 aliphatic rings. The number of carbonyl (C=O) groups excluding carboxylic acids is 4. The van der Waals surface area contributed by atoms with Gasteiger partial charge in [0.1, 0.15) is 24.3 Å². The Morgan fingerprint density at radius 3 is 1.74 bits per heavy atom. The van der Waals surface area contributed by atoms with Crippen LogP contribution in [0, 0.1) is 0 Å². The van der Waals surface area contributed by atoms with Crippen LogP contribution in [0.4, 0.5) is 0 Å². The van der Waals surface area contributed by atoms with Crippen molar-refractivity contribution in [3.63, 3.8) is 0 Å². The average molecular weight is 468 g/mol. The van der Waals surface area contributed by atoms with Crippen LogP contribution in [-0.2, 0) is 46.6 Å². The molecule has 0 radical (unpaired) electrons. The van der Waals surface area contributed by atoms with Crippen molar-refractivity contribution in [3.05, 3.63) is 82.9 Å². The van der Waals surface area contributed by atoms with E-state index in [9.17, 15) is 19.2 Å². The summed E-state index contributed by atoms with van der Waals surface area (Å²) in [6.07, 6.45) is 0. The summed E-state index contributed by atoms with van der Waals surface area (Å²) in [6.45, 7) is 3.79. The standard InChI is InChI=1S/C26H29NO7/c1-5-32-23(29)21(18(2)28)22(24(30)33-16-19-12-8-6-9-13-19)26(3,27-4)25(31)34-17-20-14-10-7-11-15-20/h6-15,27H,5,16-17H2,1-4H3. The first-order valence-electron chi connectivity index (χ1n) is 10.8. The minimum Gasteiger partial charge on any atom is -0.462 e. The summed E-state index contributed by atoms with van der Waals surface area (Å²) in [5.41, 5.74) is -1.52. The maximum atomic E-state index is 13.3. The van der Waals surface area contributed by atoms with Crippen LogP contribution in [0.2, 0.25) is 0 Å². The first-order valence-corrected chi connectivity index (χ1v) is 10.8. The highest BCUT2D eigenvalue weighted by atomic mass is 16.5. The van der Waals surface area contributed by atoms with Gasteiger partial charge in [0.15, 0.2) is 5.78 Å². The number of esters is 3. The number of likely N-dealkylation sites (N-methyl/N-ethyl adjacent to an activating group) is 1. The number of rotatable bonds is 11. The SMILES string of the molecule is CCOC(=O)C(C(C)=O)=C(C(=O)OCc1ccccc1)C(C)(NC)C(=O)OCc1ccccc1. The second-order valence-corrected chi connectivity index (χ2v) is 7.53. The predicted octanol–water partition coefficient (Wildman–Crippen LogP) is 2.90. The summed E-state index contributed by atoms with van der Waals surface area (Å²) in [5.74, 6) is -3.66. The van der Waals surface area contributed by atoms with Crippen LogP contribution in [0.5, 0.6) is 0 Å². The fourth-order valence-electron chi connectivity index (χ4n) is 3.17. The monoisotopic (exact) mass is 467 g/mol. The van der Waals surface area contributed by atoms with Crippen molar-refractivity contribution in [2.75, 3.05) is 13.7 Å². The molecule has 0 aromatic heterocycles. The van der Waals surface area contributed by atoms with E-state index in [4.69, 9.17) is 14.2 Å². The molecule has 0 amide bonds. The minimum absolute atomic E-state index is 0.0311. The van der Waals surface area contributed by atoms with Gasteiger partial charge in [0.25, 0.3) is 0 Å². The number of hydrogen-bond donors (Lipinski definition) is 1. The lowest BCUT2D eigenvalue weighted by molar-refractivity contribution is -0.154. The van der Waals surface area contributed by atoms with E-state index < -0.39 is 40.4 Å². The number of nitrogens with one attached hydrogen (secondary N) is 1. The van der Waals surface area contributed by atoms with E-state index >= 15 is 0 Å². The average Bonchev–Trinajstić information content (AvgIpc) is 2.84. The van der Waals surface area contributed by atoms with Gasteiger partial charge in [-0.3, -0.25) is 4.79 Å². The minimum atomic E-state index is -1.88. The number of carbonyl (C=O) groups is 4. The Bertz CT molecular complexity index is 1050. The summed E-state index contributed by atoms with van der Waals surface area (Å²) in [6, 6.07) is 17.8. The summed E-state index contributed by atoms with van der Waals surface area (Å²) < 4.78 is 15.8. The third kappa shape index (κ3) is 6.62. The Balaban J connectivity index is 2.48. The molecule has 0 spiro atoms. The molecule has 2 aromatic carbocycles. The second-order valence-electron chi connectivity index (χ2n) is 7.53. The Labute approximate surface area is 198 Å². The van der Waals surface area contributed by atoms with E-state index in [1.807, 2.05) is 12.1 Å². The number of benzene rings is 2. The lowest BCUT2D eigenvalue weighted by Crippen LogP contribution is -2.53. The quantitative estimate of drug-likeness (QED) is 0.177. The molecule has 0 saturated heterocycles. The van der Waals surface area contributed by atoms with Gasteiger partial charge in [0.2, 0.25) is 0 Å². The lowest BCUT2D eigenvalue weighted by Gasteiger charge is -2.30. The van der Waals surface area contributed by atoms with E-state index in [0.29, 0.717) is 5.56 Å². The Kier molecular flexibility index (Phi) is 9.70. The zero-order chi connectivity index (χ0) is 25.1. The smallest absolute Gasteiger partial charge is 0.342 e. The van der Waals surface area contributed by atoms with Gasteiger partial charge in [-0.05, 0) is 38.9 Å². The summed E-state index contributed by atoms with van der Waals surface area (Å²) in [5, 5.41) is 2.73. The summed E-state index contributed by atoms with van der Waals surface area (Å²) >= 11 is 0. The van der Waals surface area contributed by atoms with Gasteiger partial charge in [-0.15, -0.1) is 0 Å². The van der Waals surface area contributed by atoms with Crippen molar-refractivity contribution in [2.24, 2.45) is 0 Å². The highest BCUT2D eigenvalue weighted by molar-refractivity contribution is 6.22. The predicted molar refractivity (Wildman–Crippen MR) is 124 cm³/mol. The van der Waals surface area contributed by atoms with Gasteiger partial charge in [-0.25, -0.2) is 14.4 Å². The van der Waals surface area contributed by atoms with E-state index in [2.05, 4.69) is 5.32 Å². The molecule has 0 saturated carbocycles. The number of ketones is 1. The van der Waals surface area contributed by atoms with Crippen molar-refractivity contribution in [3.8, 4) is 0 Å². The fraction of sp³-hybridized carbons (Fsp3) is 0.308. The highest BCUT2D eigenvalue weighted by Gasteiger charge is 2.46. The third-order valence-electron chi connectivity index (χ3n) is 5.12. The molecular formula is C26H29NO7. The Morgan fingerprint density at radius 1 is 0.794 bits per heavy atom. The van der Waals surface area contributed by atoms with Gasteiger partial charge in [-0.2, -0.15) is 0 Å². The zero-order valence-corrected chi connectivity index (χ0v) is 19.8. The van der Waals surface area contributed by atoms with Gasteiger partial charge in [0, 0.05) is 0 Å². The Morgan fingerprint density at radius 2 is 1.29 bits per heavy atom. The van der Waals surface area contributed by atoms with Crippen LogP contribution >= 0.6 is 0 Å². The number of hydrogen-bond acceptors (Lipinski definition) is 8. The largest absolute Gasteiger partial charge is 0.462 e. The van der Waals surface area contributed by atoms with E-state index in [-0.39, 0.29) is 19.8 Å². The van der Waals surface area contributed by atoms with Crippen LogP contribution in [0.3, 0.4) is 0 Å². The first-order chi connectivity index (χ1) is 16.2. The van der Waals surface area contributed by atoms with Crippen molar-refractivity contribution in [1.29, 1.82) is 0 Å². The normalized spacial score (nSPS) is 13.2. The van der Waals surface area contributed by atoms with E-state index in [1.54, 1.807) is 55.5 Å². The number of ether oxygens (including phenoxy) is 3. The maximum absolute atomic E-state index is 13.3. The molecule has 2 aromatic rings. The molecule has 0 heterocycles. The molecule has 180 valence electrons. The fourth-order valence-corrected chi connectivity index (χ4v) is 3.17.